The van der Waals surface area contributed by atoms with Crippen molar-refractivity contribution in [2.45, 2.75) is 33.1 Å². The van der Waals surface area contributed by atoms with Gasteiger partial charge in [0.25, 0.3) is 5.91 Å². The summed E-state index contributed by atoms with van der Waals surface area (Å²) >= 11 is 0. The molecule has 2 heterocycles. The van der Waals surface area contributed by atoms with Crippen molar-refractivity contribution in [3.8, 4) is 0 Å². The highest BCUT2D eigenvalue weighted by Gasteiger charge is 2.23. The second-order valence-corrected chi connectivity index (χ2v) is 7.07. The molecule has 1 N–H and O–H groups in total. The van der Waals surface area contributed by atoms with E-state index >= 15 is 0 Å². The number of rotatable bonds is 7. The number of aryl methyl sites for hydroxylation is 2. The first-order valence-corrected chi connectivity index (χ1v) is 10.1. The fourth-order valence-corrected chi connectivity index (χ4v) is 3.60. The molecular formula is C22H29N3O3. The molecule has 150 valence electrons. The zero-order valence-electron chi connectivity index (χ0n) is 16.7. The summed E-state index contributed by atoms with van der Waals surface area (Å²) in [4.78, 5) is 28.9. The molecule has 0 radical (unpaired) electrons. The number of nitrogens with zero attached hydrogens (tertiary/aromatic N) is 2. The summed E-state index contributed by atoms with van der Waals surface area (Å²) in [6, 6.07) is 9.62. The largest absolute Gasteiger partial charge is 0.459 e. The first kappa shape index (κ1) is 20.1. The first-order chi connectivity index (χ1) is 13.6. The highest BCUT2D eigenvalue weighted by Crippen LogP contribution is 2.22. The lowest BCUT2D eigenvalue weighted by molar-refractivity contribution is -0.116. The van der Waals surface area contributed by atoms with Crippen LogP contribution in [0.15, 0.2) is 41.0 Å². The standard InChI is InChI=1S/C22H29N3O3/c1-3-17-7-5-8-18(4-2)21(17)23-20(26)10-11-24-12-14-25(15-13-24)22(27)19-9-6-16-28-19/h5-9,16H,3-4,10-15H2,1-2H3,(H,23,26). The van der Waals surface area contributed by atoms with E-state index in [-0.39, 0.29) is 11.8 Å². The summed E-state index contributed by atoms with van der Waals surface area (Å²) < 4.78 is 5.19. The number of benzene rings is 1. The minimum absolute atomic E-state index is 0.0460. The second kappa shape index (κ2) is 9.55. The molecule has 0 atom stereocenters. The third kappa shape index (κ3) is 4.81. The lowest BCUT2D eigenvalue weighted by atomic mass is 10.0. The van der Waals surface area contributed by atoms with Gasteiger partial charge in [-0.25, -0.2) is 0 Å². The van der Waals surface area contributed by atoms with E-state index in [1.807, 2.05) is 0 Å². The van der Waals surface area contributed by atoms with E-state index < -0.39 is 0 Å². The number of hydrogen-bond acceptors (Lipinski definition) is 4. The Morgan fingerprint density at radius 1 is 1.00 bits per heavy atom. The van der Waals surface area contributed by atoms with Gasteiger partial charge in [0.15, 0.2) is 5.76 Å². The van der Waals surface area contributed by atoms with Gasteiger partial charge in [-0.2, -0.15) is 0 Å². The number of carbonyl (C=O) groups excluding carboxylic acids is 2. The van der Waals surface area contributed by atoms with Crippen molar-refractivity contribution >= 4 is 17.5 Å². The Kier molecular flexibility index (Phi) is 6.87. The van der Waals surface area contributed by atoms with Gasteiger partial charge in [-0.05, 0) is 36.1 Å². The monoisotopic (exact) mass is 383 g/mol. The van der Waals surface area contributed by atoms with E-state index in [0.29, 0.717) is 31.8 Å². The van der Waals surface area contributed by atoms with Gasteiger partial charge < -0.3 is 14.6 Å². The van der Waals surface area contributed by atoms with Crippen LogP contribution >= 0.6 is 0 Å². The van der Waals surface area contributed by atoms with Gasteiger partial charge in [-0.1, -0.05) is 32.0 Å². The fraction of sp³-hybridized carbons (Fsp3) is 0.455. The minimum Gasteiger partial charge on any atom is -0.459 e. The molecule has 1 aliphatic heterocycles. The van der Waals surface area contributed by atoms with Crippen molar-refractivity contribution in [3.05, 3.63) is 53.5 Å². The van der Waals surface area contributed by atoms with Crippen molar-refractivity contribution in [1.29, 1.82) is 0 Å². The van der Waals surface area contributed by atoms with Crippen LogP contribution in [0, 0.1) is 0 Å². The summed E-state index contributed by atoms with van der Waals surface area (Å²) in [5.74, 6) is 0.365. The summed E-state index contributed by atoms with van der Waals surface area (Å²) in [6.07, 6.45) is 3.76. The van der Waals surface area contributed by atoms with Gasteiger partial charge in [0.2, 0.25) is 5.91 Å². The van der Waals surface area contributed by atoms with Crippen molar-refractivity contribution in [2.75, 3.05) is 38.0 Å². The lowest BCUT2D eigenvalue weighted by Gasteiger charge is -2.34. The predicted octanol–water partition coefficient (Wildman–Crippen LogP) is 3.19. The number of carbonyl (C=O) groups is 2. The Morgan fingerprint density at radius 3 is 2.25 bits per heavy atom. The number of nitrogens with one attached hydrogen (secondary N) is 1. The van der Waals surface area contributed by atoms with E-state index in [2.05, 4.69) is 42.3 Å². The minimum atomic E-state index is -0.0642. The van der Waals surface area contributed by atoms with Crippen LogP contribution in [-0.4, -0.2) is 54.3 Å². The molecule has 1 saturated heterocycles. The zero-order chi connectivity index (χ0) is 19.9. The maximum Gasteiger partial charge on any atom is 0.289 e. The quantitative estimate of drug-likeness (QED) is 0.797. The molecule has 0 unspecified atom stereocenters. The van der Waals surface area contributed by atoms with Gasteiger partial charge in [-0.15, -0.1) is 0 Å². The summed E-state index contributed by atoms with van der Waals surface area (Å²) in [5, 5.41) is 3.12. The number of para-hydroxylation sites is 1. The average Bonchev–Trinajstić information content (AvgIpc) is 3.27. The Bertz CT molecular complexity index is 771. The summed E-state index contributed by atoms with van der Waals surface area (Å²) in [6.45, 7) is 7.75. The lowest BCUT2D eigenvalue weighted by Crippen LogP contribution is -2.49. The molecule has 28 heavy (non-hydrogen) atoms. The van der Waals surface area contributed by atoms with Gasteiger partial charge in [-0.3, -0.25) is 14.5 Å². The molecule has 1 aliphatic rings. The molecule has 0 bridgehead atoms. The van der Waals surface area contributed by atoms with Crippen molar-refractivity contribution in [2.24, 2.45) is 0 Å². The Hall–Kier alpha value is -2.60. The van der Waals surface area contributed by atoms with E-state index in [1.54, 1.807) is 17.0 Å². The Labute approximate surface area is 166 Å². The molecule has 2 aromatic rings. The number of amides is 2. The van der Waals surface area contributed by atoms with Crippen LogP contribution < -0.4 is 5.32 Å². The smallest absolute Gasteiger partial charge is 0.289 e. The van der Waals surface area contributed by atoms with E-state index in [4.69, 9.17) is 4.42 Å². The topological polar surface area (TPSA) is 65.8 Å². The number of anilines is 1. The normalized spacial score (nSPS) is 14.9. The highest BCUT2D eigenvalue weighted by molar-refractivity contribution is 5.92. The van der Waals surface area contributed by atoms with E-state index in [1.165, 1.54) is 17.4 Å². The van der Waals surface area contributed by atoms with Crippen molar-refractivity contribution in [1.82, 2.24) is 9.80 Å². The molecule has 0 aliphatic carbocycles. The van der Waals surface area contributed by atoms with Crippen LogP contribution in [0.5, 0.6) is 0 Å². The molecule has 6 nitrogen and oxygen atoms in total. The SMILES string of the molecule is CCc1cccc(CC)c1NC(=O)CCN1CCN(C(=O)c2ccco2)CC1. The van der Waals surface area contributed by atoms with E-state index in [0.717, 1.165) is 31.6 Å². The van der Waals surface area contributed by atoms with E-state index in [9.17, 15) is 9.59 Å². The predicted molar refractivity (Wildman–Crippen MR) is 109 cm³/mol. The van der Waals surface area contributed by atoms with Crippen LogP contribution in [0.2, 0.25) is 0 Å². The van der Waals surface area contributed by atoms with Gasteiger partial charge in [0.05, 0.1) is 6.26 Å². The van der Waals surface area contributed by atoms with Crippen LogP contribution in [0.4, 0.5) is 5.69 Å². The third-order valence-corrected chi connectivity index (χ3v) is 5.31. The molecule has 3 rings (SSSR count). The van der Waals surface area contributed by atoms with Crippen molar-refractivity contribution < 1.29 is 14.0 Å². The zero-order valence-corrected chi connectivity index (χ0v) is 16.7. The molecule has 1 aromatic heterocycles. The summed E-state index contributed by atoms with van der Waals surface area (Å²) in [5.41, 5.74) is 3.34. The maximum absolute atomic E-state index is 12.5. The molecule has 0 spiro atoms. The maximum atomic E-state index is 12.5. The number of hydrogen-bond donors (Lipinski definition) is 1. The van der Waals surface area contributed by atoms with Crippen LogP contribution in [-0.2, 0) is 17.6 Å². The fourth-order valence-electron chi connectivity index (χ4n) is 3.60. The first-order valence-electron chi connectivity index (χ1n) is 10.1. The van der Waals surface area contributed by atoms with Gasteiger partial charge in [0, 0.05) is 44.8 Å². The van der Waals surface area contributed by atoms with Crippen molar-refractivity contribution in [3.63, 3.8) is 0 Å². The third-order valence-electron chi connectivity index (χ3n) is 5.31. The van der Waals surface area contributed by atoms with Crippen LogP contribution in [0.25, 0.3) is 0 Å². The molecule has 2 amide bonds. The Morgan fingerprint density at radius 2 is 1.68 bits per heavy atom. The molecular weight excluding hydrogens is 354 g/mol. The number of piperazine rings is 1. The Balaban J connectivity index is 1.47. The highest BCUT2D eigenvalue weighted by atomic mass is 16.3. The van der Waals surface area contributed by atoms with Gasteiger partial charge in [0.1, 0.15) is 0 Å². The molecule has 6 heteroatoms. The average molecular weight is 383 g/mol. The summed E-state index contributed by atoms with van der Waals surface area (Å²) in [7, 11) is 0. The van der Waals surface area contributed by atoms with Gasteiger partial charge >= 0.3 is 0 Å². The molecule has 0 saturated carbocycles. The van der Waals surface area contributed by atoms with Crippen LogP contribution in [0.3, 0.4) is 0 Å². The number of furan rings is 1. The molecule has 1 fully saturated rings. The van der Waals surface area contributed by atoms with Crippen LogP contribution in [0.1, 0.15) is 41.9 Å². The second-order valence-electron chi connectivity index (χ2n) is 7.07. The molecule has 1 aromatic carbocycles.